The van der Waals surface area contributed by atoms with Crippen molar-refractivity contribution in [2.45, 2.75) is 25.5 Å². The number of carbonyl (C=O) groups excluding carboxylic acids is 1. The molecule has 1 atom stereocenters. The van der Waals surface area contributed by atoms with Crippen LogP contribution in [0.2, 0.25) is 0 Å². The largest absolute Gasteiger partial charge is 0.489 e. The minimum atomic E-state index is -0.0868. The van der Waals surface area contributed by atoms with Crippen LogP contribution >= 0.6 is 0 Å². The second-order valence-corrected chi connectivity index (χ2v) is 8.13. The Morgan fingerprint density at radius 3 is 2.71 bits per heavy atom. The lowest BCUT2D eigenvalue weighted by Gasteiger charge is -2.33. The number of likely N-dealkylation sites (tertiary alicyclic amines) is 1. The topological polar surface area (TPSA) is 117 Å². The Balaban J connectivity index is 1.48. The van der Waals surface area contributed by atoms with Gasteiger partial charge in [0.05, 0.1) is 11.3 Å². The molecule has 174 valence electrons. The van der Waals surface area contributed by atoms with E-state index in [0.29, 0.717) is 42.4 Å². The van der Waals surface area contributed by atoms with Crippen LogP contribution in [0.25, 0.3) is 0 Å². The zero-order chi connectivity index (χ0) is 23.9. The SMILES string of the molecule is C=CC(=O)N1CCCC(Nc2ncnc(N)c2C(=N)c2ccc(OCc3ccccc3)cc2)C1. The number of nitrogen functional groups attached to an aromatic ring is 1. The summed E-state index contributed by atoms with van der Waals surface area (Å²) in [6, 6.07) is 17.2. The number of hydrogen-bond acceptors (Lipinski definition) is 7. The molecule has 0 aliphatic carbocycles. The van der Waals surface area contributed by atoms with Crippen molar-refractivity contribution in [2.24, 2.45) is 0 Å². The van der Waals surface area contributed by atoms with E-state index >= 15 is 0 Å². The van der Waals surface area contributed by atoms with Gasteiger partial charge in [-0.05, 0) is 48.7 Å². The number of carbonyl (C=O) groups is 1. The van der Waals surface area contributed by atoms with Gasteiger partial charge in [-0.1, -0.05) is 36.9 Å². The molecule has 1 amide bonds. The van der Waals surface area contributed by atoms with Crippen molar-refractivity contribution in [3.63, 3.8) is 0 Å². The van der Waals surface area contributed by atoms with E-state index < -0.39 is 0 Å². The maximum Gasteiger partial charge on any atom is 0.246 e. The third-order valence-corrected chi connectivity index (χ3v) is 5.77. The summed E-state index contributed by atoms with van der Waals surface area (Å²) < 4.78 is 5.85. The molecule has 0 saturated carbocycles. The van der Waals surface area contributed by atoms with Crippen LogP contribution in [0, 0.1) is 5.41 Å². The number of nitrogens with zero attached hydrogens (tertiary/aromatic N) is 3. The van der Waals surface area contributed by atoms with E-state index in [1.807, 2.05) is 54.6 Å². The second-order valence-electron chi connectivity index (χ2n) is 8.13. The van der Waals surface area contributed by atoms with Crippen molar-refractivity contribution in [3.05, 3.63) is 90.3 Å². The molecule has 4 rings (SSSR count). The third kappa shape index (κ3) is 5.40. The first-order valence-corrected chi connectivity index (χ1v) is 11.2. The number of ether oxygens (including phenoxy) is 1. The monoisotopic (exact) mass is 456 g/mol. The van der Waals surface area contributed by atoms with Crippen LogP contribution in [0.1, 0.15) is 29.5 Å². The molecule has 1 fully saturated rings. The summed E-state index contributed by atoms with van der Waals surface area (Å²) in [5, 5.41) is 12.2. The fraction of sp³-hybridized carbons (Fsp3) is 0.231. The van der Waals surface area contributed by atoms with Crippen LogP contribution in [-0.2, 0) is 11.4 Å². The Hall–Kier alpha value is -4.20. The number of amides is 1. The van der Waals surface area contributed by atoms with Crippen molar-refractivity contribution in [2.75, 3.05) is 24.1 Å². The maximum absolute atomic E-state index is 12.0. The smallest absolute Gasteiger partial charge is 0.246 e. The summed E-state index contributed by atoms with van der Waals surface area (Å²) in [7, 11) is 0. The highest BCUT2D eigenvalue weighted by atomic mass is 16.5. The number of anilines is 2. The molecule has 2 aromatic carbocycles. The summed E-state index contributed by atoms with van der Waals surface area (Å²) in [6.07, 6.45) is 4.46. The highest BCUT2D eigenvalue weighted by Crippen LogP contribution is 2.25. The average molecular weight is 457 g/mol. The van der Waals surface area contributed by atoms with Gasteiger partial charge >= 0.3 is 0 Å². The Labute approximate surface area is 199 Å². The van der Waals surface area contributed by atoms with E-state index in [4.69, 9.17) is 15.9 Å². The second kappa shape index (κ2) is 10.6. The lowest BCUT2D eigenvalue weighted by Crippen LogP contribution is -2.44. The quantitative estimate of drug-likeness (QED) is 0.352. The van der Waals surface area contributed by atoms with Crippen molar-refractivity contribution in [3.8, 4) is 5.75 Å². The van der Waals surface area contributed by atoms with Crippen LogP contribution in [0.4, 0.5) is 11.6 Å². The summed E-state index contributed by atoms with van der Waals surface area (Å²) in [5.74, 6) is 1.34. The first kappa shape index (κ1) is 23.0. The zero-order valence-corrected chi connectivity index (χ0v) is 18.9. The molecule has 8 nitrogen and oxygen atoms in total. The van der Waals surface area contributed by atoms with Gasteiger partial charge in [-0.25, -0.2) is 9.97 Å². The molecule has 1 aliphatic rings. The molecule has 8 heteroatoms. The number of nitrogens with two attached hydrogens (primary N) is 1. The summed E-state index contributed by atoms with van der Waals surface area (Å²) in [5.41, 5.74) is 8.57. The number of aromatic nitrogens is 2. The van der Waals surface area contributed by atoms with Crippen molar-refractivity contribution in [1.29, 1.82) is 5.41 Å². The molecule has 1 unspecified atom stereocenters. The van der Waals surface area contributed by atoms with E-state index in [1.165, 1.54) is 12.4 Å². The van der Waals surface area contributed by atoms with Crippen LogP contribution in [0.3, 0.4) is 0 Å². The van der Waals surface area contributed by atoms with E-state index in [-0.39, 0.29) is 23.5 Å². The van der Waals surface area contributed by atoms with Crippen LogP contribution in [0.5, 0.6) is 5.75 Å². The number of piperidine rings is 1. The minimum absolute atomic E-state index is 0.00716. The normalized spacial score (nSPS) is 15.4. The number of nitrogens with one attached hydrogen (secondary N) is 2. The lowest BCUT2D eigenvalue weighted by atomic mass is 10.0. The van der Waals surface area contributed by atoms with E-state index in [2.05, 4.69) is 21.9 Å². The molecule has 0 bridgehead atoms. The number of hydrogen-bond donors (Lipinski definition) is 3. The average Bonchev–Trinajstić information content (AvgIpc) is 2.88. The van der Waals surface area contributed by atoms with Gasteiger partial charge in [-0.2, -0.15) is 0 Å². The summed E-state index contributed by atoms with van der Waals surface area (Å²) in [4.78, 5) is 22.2. The first-order valence-electron chi connectivity index (χ1n) is 11.2. The molecular weight excluding hydrogens is 428 g/mol. The van der Waals surface area contributed by atoms with E-state index in [9.17, 15) is 4.79 Å². The molecule has 2 heterocycles. The van der Waals surface area contributed by atoms with E-state index in [0.717, 1.165) is 18.4 Å². The van der Waals surface area contributed by atoms with Gasteiger partial charge in [0.2, 0.25) is 5.91 Å². The van der Waals surface area contributed by atoms with Gasteiger partial charge in [0, 0.05) is 24.7 Å². The fourth-order valence-electron chi connectivity index (χ4n) is 3.98. The molecule has 3 aromatic rings. The van der Waals surface area contributed by atoms with Crippen LogP contribution in [0.15, 0.2) is 73.6 Å². The molecular formula is C26H28N6O2. The van der Waals surface area contributed by atoms with Crippen molar-refractivity contribution >= 4 is 23.3 Å². The van der Waals surface area contributed by atoms with Crippen molar-refractivity contribution < 1.29 is 9.53 Å². The molecule has 0 radical (unpaired) electrons. The van der Waals surface area contributed by atoms with Crippen molar-refractivity contribution in [1.82, 2.24) is 14.9 Å². The van der Waals surface area contributed by atoms with Gasteiger partial charge in [0.25, 0.3) is 0 Å². The standard InChI is InChI=1S/C26H28N6O2/c1-2-22(33)32-14-6-9-20(15-32)31-26-23(25(28)29-17-30-26)24(27)19-10-12-21(13-11-19)34-16-18-7-4-3-5-8-18/h2-5,7-8,10-13,17,20,27H,1,6,9,14-16H2,(H3,28,29,30,31). The molecule has 0 spiro atoms. The molecule has 34 heavy (non-hydrogen) atoms. The van der Waals surface area contributed by atoms with Gasteiger partial charge in [0.1, 0.15) is 30.3 Å². The predicted octanol–water partition coefficient (Wildman–Crippen LogP) is 3.64. The van der Waals surface area contributed by atoms with Crippen LogP contribution < -0.4 is 15.8 Å². The molecule has 4 N–H and O–H groups in total. The van der Waals surface area contributed by atoms with Gasteiger partial charge in [0.15, 0.2) is 0 Å². The number of rotatable bonds is 8. The Morgan fingerprint density at radius 1 is 1.21 bits per heavy atom. The Bertz CT molecular complexity index is 1160. The Morgan fingerprint density at radius 2 is 1.97 bits per heavy atom. The van der Waals surface area contributed by atoms with Gasteiger partial charge in [-0.15, -0.1) is 0 Å². The van der Waals surface area contributed by atoms with E-state index in [1.54, 1.807) is 4.90 Å². The molecule has 1 aromatic heterocycles. The third-order valence-electron chi connectivity index (χ3n) is 5.77. The zero-order valence-electron chi connectivity index (χ0n) is 18.9. The maximum atomic E-state index is 12.0. The molecule has 1 aliphatic heterocycles. The Kier molecular flexibility index (Phi) is 7.17. The van der Waals surface area contributed by atoms with Crippen LogP contribution in [-0.4, -0.2) is 45.6 Å². The summed E-state index contributed by atoms with van der Waals surface area (Å²) in [6.45, 7) is 5.29. The van der Waals surface area contributed by atoms with Gasteiger partial charge in [-0.3, -0.25) is 10.2 Å². The lowest BCUT2D eigenvalue weighted by molar-refractivity contribution is -0.127. The fourth-order valence-corrected chi connectivity index (χ4v) is 3.98. The summed E-state index contributed by atoms with van der Waals surface area (Å²) >= 11 is 0. The number of benzene rings is 2. The molecule has 1 saturated heterocycles. The highest BCUT2D eigenvalue weighted by molar-refractivity contribution is 6.16. The van der Waals surface area contributed by atoms with Gasteiger partial charge < -0.3 is 20.7 Å². The highest BCUT2D eigenvalue weighted by Gasteiger charge is 2.25. The predicted molar refractivity (Wildman–Crippen MR) is 133 cm³/mol. The minimum Gasteiger partial charge on any atom is -0.489 e. The first-order chi connectivity index (χ1) is 16.5.